The van der Waals surface area contributed by atoms with Crippen LogP contribution < -0.4 is 0 Å². The predicted molar refractivity (Wildman–Crippen MR) is 100 cm³/mol. The number of aromatic nitrogens is 5. The second-order valence-corrected chi connectivity index (χ2v) is 7.26. The maximum atomic E-state index is 12.9. The van der Waals surface area contributed by atoms with Crippen molar-refractivity contribution in [2.45, 2.75) is 32.7 Å². The number of nitrogens with zero attached hydrogens (tertiary/aromatic N) is 5. The fourth-order valence-electron chi connectivity index (χ4n) is 3.68. The van der Waals surface area contributed by atoms with Gasteiger partial charge in [-0.1, -0.05) is 16.8 Å². The fourth-order valence-corrected chi connectivity index (χ4v) is 3.68. The molecule has 1 amide bonds. The molecule has 1 saturated heterocycles. The molecular weight excluding hydrogens is 344 g/mol. The molecule has 4 rings (SSSR count). The molecule has 0 atom stereocenters. The topological polar surface area (TPSA) is 99.9 Å². The van der Waals surface area contributed by atoms with Crippen LogP contribution in [0.5, 0.6) is 0 Å². The van der Waals surface area contributed by atoms with Crippen LogP contribution in [-0.2, 0) is 13.0 Å². The first-order chi connectivity index (χ1) is 13.1. The van der Waals surface area contributed by atoms with Crippen LogP contribution in [0.15, 0.2) is 24.4 Å². The van der Waals surface area contributed by atoms with Crippen molar-refractivity contribution in [2.75, 3.05) is 19.7 Å². The Morgan fingerprint density at radius 1 is 1.33 bits per heavy atom. The van der Waals surface area contributed by atoms with Crippen molar-refractivity contribution in [2.24, 2.45) is 5.92 Å². The molecule has 27 heavy (non-hydrogen) atoms. The first kappa shape index (κ1) is 17.7. The molecule has 2 N–H and O–H groups in total. The van der Waals surface area contributed by atoms with Crippen LogP contribution in [0.25, 0.3) is 10.9 Å². The molecule has 142 valence electrons. The molecule has 8 nitrogen and oxygen atoms in total. The number of aliphatic hydroxyl groups is 1. The highest BCUT2D eigenvalue weighted by Gasteiger charge is 2.26. The van der Waals surface area contributed by atoms with E-state index in [-0.39, 0.29) is 12.5 Å². The van der Waals surface area contributed by atoms with Gasteiger partial charge in [0.1, 0.15) is 0 Å². The van der Waals surface area contributed by atoms with Gasteiger partial charge in [-0.3, -0.25) is 14.6 Å². The number of hydrogen-bond acceptors (Lipinski definition) is 5. The van der Waals surface area contributed by atoms with Gasteiger partial charge in [0, 0.05) is 44.2 Å². The van der Waals surface area contributed by atoms with Crippen LogP contribution in [0, 0.1) is 12.8 Å². The average molecular weight is 368 g/mol. The quantitative estimate of drug-likeness (QED) is 0.712. The van der Waals surface area contributed by atoms with Crippen LogP contribution in [0.4, 0.5) is 0 Å². The number of aromatic amines is 1. The largest absolute Gasteiger partial charge is 0.396 e. The molecule has 1 aliphatic rings. The summed E-state index contributed by atoms with van der Waals surface area (Å²) >= 11 is 0. The van der Waals surface area contributed by atoms with Gasteiger partial charge in [-0.15, -0.1) is 5.10 Å². The Bertz CT molecular complexity index is 939. The first-order valence-electron chi connectivity index (χ1n) is 9.38. The van der Waals surface area contributed by atoms with E-state index in [9.17, 15) is 4.79 Å². The number of piperidine rings is 1. The third-order valence-corrected chi connectivity index (χ3v) is 5.22. The van der Waals surface area contributed by atoms with Crippen LogP contribution in [0.3, 0.4) is 0 Å². The Hall–Kier alpha value is -2.74. The molecule has 0 saturated carbocycles. The van der Waals surface area contributed by atoms with Gasteiger partial charge in [0.2, 0.25) is 0 Å². The molecule has 3 heterocycles. The molecule has 1 aliphatic heterocycles. The molecule has 0 radical (unpaired) electrons. The number of hydrogen-bond donors (Lipinski definition) is 2. The minimum Gasteiger partial charge on any atom is -0.396 e. The lowest BCUT2D eigenvalue weighted by molar-refractivity contribution is 0.0677. The van der Waals surface area contributed by atoms with Gasteiger partial charge >= 0.3 is 0 Å². The maximum absolute atomic E-state index is 12.9. The Morgan fingerprint density at radius 3 is 2.93 bits per heavy atom. The molecule has 1 aromatic carbocycles. The number of rotatable bonds is 5. The van der Waals surface area contributed by atoms with Crippen molar-refractivity contribution in [1.82, 2.24) is 30.1 Å². The molecule has 8 heteroatoms. The summed E-state index contributed by atoms with van der Waals surface area (Å²) in [7, 11) is 0. The lowest BCUT2D eigenvalue weighted by Gasteiger charge is -2.31. The second kappa shape index (κ2) is 7.48. The monoisotopic (exact) mass is 368 g/mol. The van der Waals surface area contributed by atoms with E-state index in [2.05, 4.69) is 20.5 Å². The summed E-state index contributed by atoms with van der Waals surface area (Å²) in [6, 6.07) is 5.98. The number of benzene rings is 1. The van der Waals surface area contributed by atoms with Crippen molar-refractivity contribution in [1.29, 1.82) is 0 Å². The van der Waals surface area contributed by atoms with E-state index in [4.69, 9.17) is 5.11 Å². The summed E-state index contributed by atoms with van der Waals surface area (Å²) in [6.45, 7) is 4.34. The molecule has 1 fully saturated rings. The predicted octanol–water partition coefficient (Wildman–Crippen LogP) is 1.55. The van der Waals surface area contributed by atoms with Gasteiger partial charge < -0.3 is 10.0 Å². The smallest absolute Gasteiger partial charge is 0.274 e. The van der Waals surface area contributed by atoms with Crippen molar-refractivity contribution < 1.29 is 9.90 Å². The summed E-state index contributed by atoms with van der Waals surface area (Å²) in [5, 5.41) is 25.3. The normalized spacial score (nSPS) is 15.6. The van der Waals surface area contributed by atoms with Crippen LogP contribution in [0.1, 0.15) is 34.6 Å². The number of carbonyl (C=O) groups is 1. The molecule has 3 aromatic rings. The van der Waals surface area contributed by atoms with Crippen molar-refractivity contribution >= 4 is 16.8 Å². The number of H-pyrrole nitrogens is 1. The van der Waals surface area contributed by atoms with Gasteiger partial charge in [0.05, 0.1) is 11.2 Å². The van der Waals surface area contributed by atoms with Crippen molar-refractivity contribution in [3.05, 3.63) is 41.3 Å². The third kappa shape index (κ3) is 3.71. The number of nitrogens with one attached hydrogen (secondary N) is 1. The fraction of sp³-hybridized carbons (Fsp3) is 0.474. The Kier molecular flexibility index (Phi) is 4.89. The molecule has 0 unspecified atom stereocenters. The Labute approximate surface area is 157 Å². The van der Waals surface area contributed by atoms with E-state index in [0.29, 0.717) is 18.0 Å². The van der Waals surface area contributed by atoms with Gasteiger partial charge in [0.25, 0.3) is 5.91 Å². The average Bonchev–Trinajstić information content (AvgIpc) is 3.28. The third-order valence-electron chi connectivity index (χ3n) is 5.22. The number of fused-ring (bicyclic) bond motifs is 1. The summed E-state index contributed by atoms with van der Waals surface area (Å²) in [4.78, 5) is 14.8. The number of carbonyl (C=O) groups excluding carboxylic acids is 1. The zero-order valence-electron chi connectivity index (χ0n) is 15.4. The number of likely N-dealkylation sites (tertiary alicyclic amines) is 1. The number of aliphatic hydroxyl groups excluding tert-OH is 1. The first-order valence-corrected chi connectivity index (χ1v) is 9.38. The SMILES string of the molecule is Cc1ccc2[nH]nc(C(=O)N3CCC(Cn4cc(CCO)nn4)CC3)c2c1. The van der Waals surface area contributed by atoms with E-state index < -0.39 is 0 Å². The Morgan fingerprint density at radius 2 is 2.15 bits per heavy atom. The van der Waals surface area contributed by atoms with E-state index in [1.807, 2.05) is 40.9 Å². The van der Waals surface area contributed by atoms with Crippen LogP contribution >= 0.6 is 0 Å². The summed E-state index contributed by atoms with van der Waals surface area (Å²) in [5.74, 6) is 0.465. The van der Waals surface area contributed by atoms with Gasteiger partial charge in [-0.2, -0.15) is 5.10 Å². The minimum absolute atomic E-state index is 0.00344. The highest BCUT2D eigenvalue weighted by molar-refractivity contribution is 6.04. The van der Waals surface area contributed by atoms with Gasteiger partial charge in [0.15, 0.2) is 5.69 Å². The molecule has 2 aromatic heterocycles. The minimum atomic E-state index is -0.00344. The van der Waals surface area contributed by atoms with Crippen LogP contribution in [0.2, 0.25) is 0 Å². The molecule has 0 aliphatic carbocycles. The van der Waals surface area contributed by atoms with Crippen molar-refractivity contribution in [3.63, 3.8) is 0 Å². The lowest BCUT2D eigenvalue weighted by Crippen LogP contribution is -2.39. The highest BCUT2D eigenvalue weighted by atomic mass is 16.3. The summed E-state index contributed by atoms with van der Waals surface area (Å²) < 4.78 is 1.84. The van der Waals surface area contributed by atoms with Crippen LogP contribution in [-0.4, -0.2) is 60.8 Å². The van der Waals surface area contributed by atoms with Crippen molar-refractivity contribution in [3.8, 4) is 0 Å². The lowest BCUT2D eigenvalue weighted by atomic mass is 9.96. The van der Waals surface area contributed by atoms with E-state index in [0.717, 1.165) is 54.6 Å². The second-order valence-electron chi connectivity index (χ2n) is 7.26. The number of aryl methyl sites for hydroxylation is 1. The van der Waals surface area contributed by atoms with E-state index >= 15 is 0 Å². The summed E-state index contributed by atoms with van der Waals surface area (Å²) in [5.41, 5.74) is 3.33. The zero-order valence-corrected chi connectivity index (χ0v) is 15.4. The van der Waals surface area contributed by atoms with Gasteiger partial charge in [-0.25, -0.2) is 0 Å². The van der Waals surface area contributed by atoms with E-state index in [1.165, 1.54) is 0 Å². The standard InChI is InChI=1S/C19H24N6O2/c1-13-2-3-17-16(10-13)18(22-21-17)19(27)24-7-4-14(5-8-24)11-25-12-15(6-9-26)20-23-25/h2-3,10,12,14,26H,4-9,11H2,1H3,(H,21,22). The number of amides is 1. The van der Waals surface area contributed by atoms with E-state index in [1.54, 1.807) is 0 Å². The molecule has 0 bridgehead atoms. The molecule has 0 spiro atoms. The summed E-state index contributed by atoms with van der Waals surface area (Å²) in [6.07, 6.45) is 4.29. The molecular formula is C19H24N6O2. The Balaban J connectivity index is 1.38. The zero-order chi connectivity index (χ0) is 18.8. The van der Waals surface area contributed by atoms with Gasteiger partial charge in [-0.05, 0) is 37.8 Å². The highest BCUT2D eigenvalue weighted by Crippen LogP contribution is 2.23. The maximum Gasteiger partial charge on any atom is 0.274 e.